The van der Waals surface area contributed by atoms with Gasteiger partial charge < -0.3 is 14.7 Å². The van der Waals surface area contributed by atoms with Crippen LogP contribution < -0.4 is 5.32 Å². The maximum atomic E-state index is 5.15. The van der Waals surface area contributed by atoms with Crippen molar-refractivity contribution in [1.29, 1.82) is 0 Å². The number of piperazine rings is 1. The summed E-state index contributed by atoms with van der Waals surface area (Å²) in [4.78, 5) is 13.6. The highest BCUT2D eigenvalue weighted by molar-refractivity contribution is 5.80. The third kappa shape index (κ3) is 5.92. The fourth-order valence-electron chi connectivity index (χ4n) is 3.02. The molecule has 27 heavy (non-hydrogen) atoms. The zero-order valence-corrected chi connectivity index (χ0v) is 16.1. The number of hydrogen-bond donors (Lipinski definition) is 1. The van der Waals surface area contributed by atoms with Crippen LogP contribution in [0, 0.1) is 6.92 Å². The zero-order chi connectivity index (χ0) is 18.9. The number of aromatic nitrogens is 2. The van der Waals surface area contributed by atoms with Crippen molar-refractivity contribution in [3.8, 4) is 0 Å². The van der Waals surface area contributed by atoms with Crippen molar-refractivity contribution in [3.05, 3.63) is 53.7 Å². The highest BCUT2D eigenvalue weighted by atomic mass is 16.5. The lowest BCUT2D eigenvalue weighted by Crippen LogP contribution is -2.52. The van der Waals surface area contributed by atoms with Crippen LogP contribution in [0.25, 0.3) is 6.08 Å². The summed E-state index contributed by atoms with van der Waals surface area (Å²) in [6.45, 7) is 10.0. The van der Waals surface area contributed by atoms with Gasteiger partial charge in [0.15, 0.2) is 11.8 Å². The van der Waals surface area contributed by atoms with E-state index in [1.54, 1.807) is 0 Å². The molecule has 0 saturated carbocycles. The fraction of sp³-hybridized carbons (Fsp3) is 0.450. The van der Waals surface area contributed by atoms with E-state index in [4.69, 9.17) is 4.52 Å². The first-order chi connectivity index (χ1) is 13.2. The van der Waals surface area contributed by atoms with Crippen molar-refractivity contribution >= 4 is 12.0 Å². The number of nitrogens with one attached hydrogen (secondary N) is 1. The zero-order valence-electron chi connectivity index (χ0n) is 16.1. The molecule has 1 aliphatic heterocycles. The quantitative estimate of drug-likeness (QED) is 0.623. The van der Waals surface area contributed by atoms with Crippen molar-refractivity contribution < 1.29 is 4.52 Å². The first-order valence-corrected chi connectivity index (χ1v) is 9.51. The Morgan fingerprint density at radius 2 is 2.00 bits per heavy atom. The van der Waals surface area contributed by atoms with Crippen LogP contribution in [0.1, 0.15) is 24.2 Å². The molecule has 0 radical (unpaired) electrons. The first-order valence-electron chi connectivity index (χ1n) is 9.51. The summed E-state index contributed by atoms with van der Waals surface area (Å²) in [7, 11) is 0. The number of benzene rings is 1. The number of hydrogen-bond acceptors (Lipinski definition) is 5. The molecule has 1 N–H and O–H groups in total. The van der Waals surface area contributed by atoms with E-state index >= 15 is 0 Å². The van der Waals surface area contributed by atoms with Crippen LogP contribution in [-0.2, 0) is 6.54 Å². The molecule has 7 heteroatoms. The van der Waals surface area contributed by atoms with Gasteiger partial charge in [0, 0.05) is 39.3 Å². The Bertz CT molecular complexity index is 747. The number of rotatable bonds is 6. The van der Waals surface area contributed by atoms with Gasteiger partial charge in [0.25, 0.3) is 0 Å². The molecule has 2 heterocycles. The first kappa shape index (κ1) is 19.1. The van der Waals surface area contributed by atoms with Crippen molar-refractivity contribution in [3.63, 3.8) is 0 Å². The smallest absolute Gasteiger partial charge is 0.248 e. The van der Waals surface area contributed by atoms with E-state index in [0.717, 1.165) is 45.2 Å². The lowest BCUT2D eigenvalue weighted by molar-refractivity contribution is 0.194. The molecule has 1 saturated heterocycles. The van der Waals surface area contributed by atoms with Gasteiger partial charge in [0.05, 0.1) is 0 Å². The summed E-state index contributed by atoms with van der Waals surface area (Å²) in [6, 6.07) is 10.4. The molecule has 3 rings (SSSR count). The Balaban J connectivity index is 1.49. The van der Waals surface area contributed by atoms with Gasteiger partial charge in [-0.2, -0.15) is 4.98 Å². The molecule has 1 aromatic carbocycles. The molecular formula is C20H28N6O. The number of nitrogens with zero attached hydrogens (tertiary/aromatic N) is 5. The van der Waals surface area contributed by atoms with Gasteiger partial charge in [-0.3, -0.25) is 4.90 Å². The van der Waals surface area contributed by atoms with Crippen molar-refractivity contribution in [2.24, 2.45) is 4.99 Å². The molecular weight excluding hydrogens is 340 g/mol. The summed E-state index contributed by atoms with van der Waals surface area (Å²) in [5.74, 6) is 2.10. The molecule has 144 valence electrons. The standard InChI is InChI=1S/C20H28N6O/c1-3-21-20(22-16-19-23-17(2)24-27-19)26-14-12-25(13-15-26)11-7-10-18-8-5-4-6-9-18/h4-10H,3,11-16H2,1-2H3,(H,21,22). The minimum atomic E-state index is 0.406. The van der Waals surface area contributed by atoms with Gasteiger partial charge in [-0.05, 0) is 19.4 Å². The number of aryl methyl sites for hydroxylation is 1. The summed E-state index contributed by atoms with van der Waals surface area (Å²) < 4.78 is 5.15. The second kappa shape index (κ2) is 9.87. The van der Waals surface area contributed by atoms with Gasteiger partial charge in [0.2, 0.25) is 5.89 Å². The highest BCUT2D eigenvalue weighted by Gasteiger charge is 2.19. The maximum Gasteiger partial charge on any atom is 0.248 e. The average molecular weight is 368 g/mol. The van der Waals surface area contributed by atoms with Crippen LogP contribution in [0.2, 0.25) is 0 Å². The number of guanidine groups is 1. The van der Waals surface area contributed by atoms with Gasteiger partial charge in [-0.1, -0.05) is 47.6 Å². The predicted octanol–water partition coefficient (Wildman–Crippen LogP) is 2.17. The minimum Gasteiger partial charge on any atom is -0.357 e. The Morgan fingerprint density at radius 1 is 1.22 bits per heavy atom. The normalized spacial score (nSPS) is 16.2. The molecule has 0 atom stereocenters. The second-order valence-corrected chi connectivity index (χ2v) is 6.51. The SMILES string of the molecule is CCNC(=NCc1nc(C)no1)N1CCN(CC=Cc2ccccc2)CC1. The molecule has 1 aromatic heterocycles. The Kier molecular flexibility index (Phi) is 6.98. The molecule has 0 bridgehead atoms. The highest BCUT2D eigenvalue weighted by Crippen LogP contribution is 2.06. The van der Waals surface area contributed by atoms with Gasteiger partial charge in [0.1, 0.15) is 6.54 Å². The molecule has 0 amide bonds. The van der Waals surface area contributed by atoms with Crippen LogP contribution in [0.15, 0.2) is 45.9 Å². The van der Waals surface area contributed by atoms with Crippen LogP contribution in [-0.4, -0.2) is 65.2 Å². The molecule has 1 aliphatic rings. The van der Waals surface area contributed by atoms with E-state index in [2.05, 4.69) is 73.6 Å². The van der Waals surface area contributed by atoms with Crippen molar-refractivity contribution in [2.75, 3.05) is 39.3 Å². The molecule has 2 aromatic rings. The maximum absolute atomic E-state index is 5.15. The lowest BCUT2D eigenvalue weighted by Gasteiger charge is -2.36. The third-order valence-electron chi connectivity index (χ3n) is 4.41. The molecule has 0 spiro atoms. The van der Waals surface area contributed by atoms with Crippen LogP contribution in [0.4, 0.5) is 0 Å². The van der Waals surface area contributed by atoms with Gasteiger partial charge in [-0.15, -0.1) is 0 Å². The summed E-state index contributed by atoms with van der Waals surface area (Å²) in [5.41, 5.74) is 1.24. The Labute approximate surface area is 160 Å². The fourth-order valence-corrected chi connectivity index (χ4v) is 3.02. The second-order valence-electron chi connectivity index (χ2n) is 6.51. The Morgan fingerprint density at radius 3 is 2.67 bits per heavy atom. The largest absolute Gasteiger partial charge is 0.357 e. The average Bonchev–Trinajstić information content (AvgIpc) is 3.12. The topological polar surface area (TPSA) is 69.8 Å². The van der Waals surface area contributed by atoms with Crippen LogP contribution in [0.3, 0.4) is 0 Å². The summed E-state index contributed by atoms with van der Waals surface area (Å²) >= 11 is 0. The van der Waals surface area contributed by atoms with Crippen molar-refractivity contribution in [2.45, 2.75) is 20.4 Å². The van der Waals surface area contributed by atoms with Crippen molar-refractivity contribution in [1.82, 2.24) is 25.3 Å². The third-order valence-corrected chi connectivity index (χ3v) is 4.41. The Hall–Kier alpha value is -2.67. The van der Waals surface area contributed by atoms with Gasteiger partial charge >= 0.3 is 0 Å². The lowest BCUT2D eigenvalue weighted by atomic mass is 10.2. The minimum absolute atomic E-state index is 0.406. The van der Waals surface area contributed by atoms with E-state index in [0.29, 0.717) is 18.3 Å². The van der Waals surface area contributed by atoms with Crippen LogP contribution in [0.5, 0.6) is 0 Å². The van der Waals surface area contributed by atoms with Crippen LogP contribution >= 0.6 is 0 Å². The van der Waals surface area contributed by atoms with Gasteiger partial charge in [-0.25, -0.2) is 4.99 Å². The predicted molar refractivity (Wildman–Crippen MR) is 107 cm³/mol. The summed E-state index contributed by atoms with van der Waals surface area (Å²) in [5, 5.41) is 7.17. The van der Waals surface area contributed by atoms with E-state index in [1.807, 2.05) is 13.0 Å². The van der Waals surface area contributed by atoms with E-state index < -0.39 is 0 Å². The molecule has 0 unspecified atom stereocenters. The van der Waals surface area contributed by atoms with E-state index in [-0.39, 0.29) is 0 Å². The molecule has 7 nitrogen and oxygen atoms in total. The monoisotopic (exact) mass is 368 g/mol. The number of aliphatic imine (C=N–C) groups is 1. The molecule has 1 fully saturated rings. The summed E-state index contributed by atoms with van der Waals surface area (Å²) in [6.07, 6.45) is 4.42. The van der Waals surface area contributed by atoms with E-state index in [9.17, 15) is 0 Å². The molecule has 0 aliphatic carbocycles. The van der Waals surface area contributed by atoms with E-state index in [1.165, 1.54) is 5.56 Å².